The van der Waals surface area contributed by atoms with Crippen molar-refractivity contribution in [3.05, 3.63) is 54.6 Å². The Balaban J connectivity index is 1.62. The monoisotopic (exact) mass is 562 g/mol. The zero-order chi connectivity index (χ0) is 28.3. The van der Waals surface area contributed by atoms with E-state index in [1.54, 1.807) is 24.7 Å². The number of aliphatic imine (C=N–C) groups is 1. The highest BCUT2D eigenvalue weighted by atomic mass is 32.2. The molecule has 1 unspecified atom stereocenters. The number of likely N-dealkylation sites (tertiary alicyclic amines) is 1. The lowest BCUT2D eigenvalue weighted by Crippen LogP contribution is -2.51. The van der Waals surface area contributed by atoms with Crippen LogP contribution in [0.4, 0.5) is 4.79 Å². The Hall–Kier alpha value is -3.72. The number of amides is 3. The summed E-state index contributed by atoms with van der Waals surface area (Å²) < 4.78 is 39.2. The summed E-state index contributed by atoms with van der Waals surface area (Å²) in [4.78, 5) is 29.9. The number of urea groups is 1. The van der Waals surface area contributed by atoms with E-state index in [4.69, 9.17) is 15.2 Å². The lowest BCUT2D eigenvalue weighted by molar-refractivity contribution is -0.131. The molecule has 1 heterocycles. The van der Waals surface area contributed by atoms with Gasteiger partial charge in [0.25, 0.3) is 5.91 Å². The van der Waals surface area contributed by atoms with Gasteiger partial charge in [-0.05, 0) is 61.6 Å². The molecule has 3 rings (SSSR count). The number of piperidine rings is 1. The number of nitrogens with two attached hydrogens (primary N) is 1. The molecule has 39 heavy (non-hydrogen) atoms. The van der Waals surface area contributed by atoms with Crippen molar-refractivity contribution in [3.63, 3.8) is 0 Å². The number of hydroxylamine groups is 1. The molecule has 1 atom stereocenters. The predicted molar refractivity (Wildman–Crippen MR) is 143 cm³/mol. The molecule has 1 aliphatic rings. The minimum absolute atomic E-state index is 0.0401. The van der Waals surface area contributed by atoms with E-state index in [9.17, 15) is 23.2 Å². The molecule has 0 bridgehead atoms. The zero-order valence-corrected chi connectivity index (χ0v) is 22.4. The van der Waals surface area contributed by atoms with Crippen molar-refractivity contribution < 1.29 is 32.7 Å². The maximum absolute atomic E-state index is 13.0. The molecular formula is C25H34N6O7S. The average molecular weight is 563 g/mol. The van der Waals surface area contributed by atoms with Crippen molar-refractivity contribution in [3.8, 4) is 11.5 Å². The Labute approximate surface area is 227 Å². The molecule has 14 heteroatoms. The van der Waals surface area contributed by atoms with Crippen LogP contribution in [0.2, 0.25) is 0 Å². The van der Waals surface area contributed by atoms with Crippen LogP contribution < -0.4 is 26.0 Å². The molecule has 1 fully saturated rings. The smallest absolute Gasteiger partial charge is 0.318 e. The highest BCUT2D eigenvalue weighted by molar-refractivity contribution is 7.89. The second-order valence-electron chi connectivity index (χ2n) is 8.89. The first kappa shape index (κ1) is 29.8. The van der Waals surface area contributed by atoms with Gasteiger partial charge in [0.15, 0.2) is 0 Å². The first-order valence-electron chi connectivity index (χ1n) is 12.4. The van der Waals surface area contributed by atoms with Crippen LogP contribution in [0, 0.1) is 5.92 Å². The number of carbonyl (C=O) groups is 2. The summed E-state index contributed by atoms with van der Waals surface area (Å²) in [6.45, 7) is 1.72. The number of nitrogens with one attached hydrogen (secondary N) is 3. The normalized spacial score (nSPS) is 15.4. The lowest BCUT2D eigenvalue weighted by atomic mass is 9.90. The third kappa shape index (κ3) is 9.21. The maximum atomic E-state index is 13.0. The van der Waals surface area contributed by atoms with E-state index >= 15 is 0 Å². The minimum Gasteiger partial charge on any atom is -0.457 e. The van der Waals surface area contributed by atoms with Crippen LogP contribution in [0.5, 0.6) is 11.5 Å². The number of sulfonamides is 1. The number of rotatable bonds is 11. The van der Waals surface area contributed by atoms with Crippen LogP contribution in [-0.2, 0) is 19.6 Å². The van der Waals surface area contributed by atoms with E-state index in [0.717, 1.165) is 0 Å². The largest absolute Gasteiger partial charge is 0.457 e. The first-order valence-corrected chi connectivity index (χ1v) is 13.8. The van der Waals surface area contributed by atoms with Gasteiger partial charge in [-0.15, -0.1) is 0 Å². The molecule has 0 spiro atoms. The molecule has 3 amide bonds. The fourth-order valence-electron chi connectivity index (χ4n) is 4.14. The molecule has 0 aromatic heterocycles. The number of methoxy groups -OCH3 is 1. The summed E-state index contributed by atoms with van der Waals surface area (Å²) >= 11 is 0. The van der Waals surface area contributed by atoms with Gasteiger partial charge in [-0.2, -0.15) is 4.72 Å². The van der Waals surface area contributed by atoms with E-state index in [-0.39, 0.29) is 17.2 Å². The Morgan fingerprint density at radius 1 is 1.10 bits per heavy atom. The van der Waals surface area contributed by atoms with Crippen molar-refractivity contribution in [1.82, 2.24) is 20.4 Å². The average Bonchev–Trinajstić information content (AvgIpc) is 2.93. The topological polar surface area (TPSA) is 185 Å². The van der Waals surface area contributed by atoms with E-state index in [0.29, 0.717) is 56.5 Å². The predicted octanol–water partition coefficient (Wildman–Crippen LogP) is 1.40. The molecule has 0 radical (unpaired) electrons. The Kier molecular flexibility index (Phi) is 11.0. The molecule has 6 N–H and O–H groups in total. The molecule has 2 aromatic carbocycles. The van der Waals surface area contributed by atoms with Gasteiger partial charge in [-0.1, -0.05) is 18.2 Å². The molecule has 1 aliphatic heterocycles. The van der Waals surface area contributed by atoms with Crippen LogP contribution in [0.15, 0.2) is 64.5 Å². The summed E-state index contributed by atoms with van der Waals surface area (Å²) in [5.41, 5.74) is 6.82. The summed E-state index contributed by atoms with van der Waals surface area (Å²) in [5.74, 6) is 0.496. The summed E-state index contributed by atoms with van der Waals surface area (Å²) in [6.07, 6.45) is 1.34. The fraction of sp³-hybridized carbons (Fsp3) is 0.400. The number of carbonyl (C=O) groups excluding carboxylic acids is 2. The van der Waals surface area contributed by atoms with Gasteiger partial charge in [-0.25, -0.2) is 18.7 Å². The number of hydrogen-bond donors (Lipinski definition) is 5. The van der Waals surface area contributed by atoms with Crippen molar-refractivity contribution in [2.24, 2.45) is 16.6 Å². The van der Waals surface area contributed by atoms with Crippen molar-refractivity contribution in [2.45, 2.75) is 30.2 Å². The van der Waals surface area contributed by atoms with Gasteiger partial charge < -0.3 is 20.1 Å². The third-order valence-corrected chi connectivity index (χ3v) is 7.60. The van der Waals surface area contributed by atoms with Crippen molar-refractivity contribution in [2.75, 3.05) is 33.4 Å². The first-order chi connectivity index (χ1) is 18.7. The standard InChI is InChI=1S/C25H34N6O7S/c1-37-16-13-27-25(28-24(26)33)31-14-11-18(12-15-31)17-22(23(32)29-34)30-39(35,36)21-9-7-20(8-10-21)38-19-5-3-2-4-6-19/h2-10,18,22,30,34H,11-17H2,1H3,(H,29,32)(H3,26,27,28,33). The van der Waals surface area contributed by atoms with E-state index in [1.807, 2.05) is 23.1 Å². The number of nitrogens with zero attached hydrogens (tertiary/aromatic N) is 2. The number of para-hydroxylation sites is 1. The number of ether oxygens (including phenoxy) is 2. The van der Waals surface area contributed by atoms with Crippen LogP contribution in [0.1, 0.15) is 19.3 Å². The quantitative estimate of drug-likeness (QED) is 0.0894. The molecule has 0 saturated carbocycles. The Bertz CT molecular complexity index is 1220. The summed E-state index contributed by atoms with van der Waals surface area (Å²) in [6, 6.07) is 12.9. The molecule has 0 aliphatic carbocycles. The number of guanidine groups is 1. The molecule has 2 aromatic rings. The second-order valence-corrected chi connectivity index (χ2v) is 10.6. The van der Waals surface area contributed by atoms with Gasteiger partial charge >= 0.3 is 6.03 Å². The summed E-state index contributed by atoms with van der Waals surface area (Å²) in [7, 11) is -2.54. The lowest BCUT2D eigenvalue weighted by Gasteiger charge is -2.35. The summed E-state index contributed by atoms with van der Waals surface area (Å²) in [5, 5.41) is 11.8. The Morgan fingerprint density at radius 2 is 1.74 bits per heavy atom. The van der Waals surface area contributed by atoms with Crippen molar-refractivity contribution >= 4 is 27.9 Å². The van der Waals surface area contributed by atoms with E-state index in [1.165, 1.54) is 24.3 Å². The number of primary amides is 1. The van der Waals surface area contributed by atoms with E-state index < -0.39 is 28.0 Å². The van der Waals surface area contributed by atoms with Gasteiger partial charge in [0, 0.05) is 20.2 Å². The maximum Gasteiger partial charge on any atom is 0.318 e. The second kappa shape index (κ2) is 14.4. The SMILES string of the molecule is COCCN=C(NC(N)=O)N1CCC(CC(NS(=O)(=O)c2ccc(Oc3ccccc3)cc2)C(=O)NO)CC1. The third-order valence-electron chi connectivity index (χ3n) is 6.11. The highest BCUT2D eigenvalue weighted by Crippen LogP contribution is 2.25. The van der Waals surface area contributed by atoms with Gasteiger partial charge in [-0.3, -0.25) is 20.3 Å². The molecule has 13 nitrogen and oxygen atoms in total. The van der Waals surface area contributed by atoms with Crippen LogP contribution in [0.3, 0.4) is 0 Å². The van der Waals surface area contributed by atoms with E-state index in [2.05, 4.69) is 15.0 Å². The van der Waals surface area contributed by atoms with Gasteiger partial charge in [0.05, 0.1) is 18.0 Å². The minimum atomic E-state index is -4.09. The molecule has 1 saturated heterocycles. The molecule has 212 valence electrons. The zero-order valence-electron chi connectivity index (χ0n) is 21.6. The van der Waals surface area contributed by atoms with Crippen LogP contribution >= 0.6 is 0 Å². The Morgan fingerprint density at radius 3 is 2.33 bits per heavy atom. The number of benzene rings is 2. The number of hydrogen-bond acceptors (Lipinski definition) is 8. The van der Waals surface area contributed by atoms with Crippen LogP contribution in [-0.4, -0.2) is 75.8 Å². The van der Waals surface area contributed by atoms with Gasteiger partial charge in [0.2, 0.25) is 16.0 Å². The fourth-order valence-corrected chi connectivity index (χ4v) is 5.35. The molecular weight excluding hydrogens is 528 g/mol. The van der Waals surface area contributed by atoms with Crippen LogP contribution in [0.25, 0.3) is 0 Å². The van der Waals surface area contributed by atoms with Gasteiger partial charge in [0.1, 0.15) is 17.5 Å². The highest BCUT2D eigenvalue weighted by Gasteiger charge is 2.31. The van der Waals surface area contributed by atoms with Crippen molar-refractivity contribution in [1.29, 1.82) is 0 Å².